The Morgan fingerprint density at radius 1 is 1.14 bits per heavy atom. The molecule has 14 heavy (non-hydrogen) atoms. The van der Waals surface area contributed by atoms with Gasteiger partial charge in [-0.05, 0) is 30.7 Å². The molecule has 0 radical (unpaired) electrons. The largest absolute Gasteiger partial charge is 0.330 e. The van der Waals surface area contributed by atoms with Crippen molar-refractivity contribution >= 4 is 0 Å². The second kappa shape index (κ2) is 6.44. The molecule has 2 unspecified atom stereocenters. The van der Waals surface area contributed by atoms with Gasteiger partial charge in [-0.25, -0.2) is 0 Å². The first-order valence-corrected chi connectivity index (χ1v) is 6.44. The monoisotopic (exact) mass is 197 g/mol. The lowest BCUT2D eigenvalue weighted by Crippen LogP contribution is -2.26. The summed E-state index contributed by atoms with van der Waals surface area (Å²) in [6.45, 7) is 5.56. The molecule has 2 N–H and O–H groups in total. The molecule has 1 aliphatic rings. The molecule has 1 heteroatoms. The number of nitrogens with two attached hydrogens (primary N) is 1. The van der Waals surface area contributed by atoms with E-state index in [0.29, 0.717) is 0 Å². The highest BCUT2D eigenvalue weighted by Gasteiger charge is 2.23. The van der Waals surface area contributed by atoms with Gasteiger partial charge in [-0.1, -0.05) is 52.4 Å². The molecule has 1 saturated carbocycles. The van der Waals surface area contributed by atoms with Crippen LogP contribution in [0.4, 0.5) is 0 Å². The third kappa shape index (κ3) is 4.00. The zero-order valence-corrected chi connectivity index (χ0v) is 9.97. The van der Waals surface area contributed by atoms with Gasteiger partial charge in [0.2, 0.25) is 0 Å². The van der Waals surface area contributed by atoms with Crippen molar-refractivity contribution in [2.45, 2.75) is 58.8 Å². The Labute approximate surface area is 89.5 Å². The first-order valence-electron chi connectivity index (χ1n) is 6.44. The fourth-order valence-corrected chi connectivity index (χ4v) is 2.76. The van der Waals surface area contributed by atoms with E-state index in [0.717, 1.165) is 24.3 Å². The molecular weight excluding hydrogens is 170 g/mol. The highest BCUT2D eigenvalue weighted by atomic mass is 14.6. The molecule has 0 aromatic heterocycles. The molecule has 0 spiro atoms. The van der Waals surface area contributed by atoms with Crippen LogP contribution in [-0.2, 0) is 0 Å². The van der Waals surface area contributed by atoms with Gasteiger partial charge in [-0.15, -0.1) is 0 Å². The Hall–Kier alpha value is -0.0400. The van der Waals surface area contributed by atoms with Gasteiger partial charge in [0.05, 0.1) is 0 Å². The highest BCUT2D eigenvalue weighted by molar-refractivity contribution is 4.76. The van der Waals surface area contributed by atoms with Gasteiger partial charge >= 0.3 is 0 Å². The van der Waals surface area contributed by atoms with Crippen molar-refractivity contribution in [3.63, 3.8) is 0 Å². The first kappa shape index (κ1) is 12.0. The van der Waals surface area contributed by atoms with Crippen molar-refractivity contribution < 1.29 is 0 Å². The van der Waals surface area contributed by atoms with Crippen LogP contribution in [-0.4, -0.2) is 6.54 Å². The minimum absolute atomic E-state index is 0.843. The Kier molecular flexibility index (Phi) is 5.54. The molecule has 0 heterocycles. The topological polar surface area (TPSA) is 26.0 Å². The van der Waals surface area contributed by atoms with Gasteiger partial charge in [-0.2, -0.15) is 0 Å². The van der Waals surface area contributed by atoms with E-state index in [1.807, 2.05) is 0 Å². The molecule has 1 fully saturated rings. The second-order valence-corrected chi connectivity index (χ2v) is 5.37. The third-order valence-corrected chi connectivity index (χ3v) is 3.73. The van der Waals surface area contributed by atoms with Crippen molar-refractivity contribution in [3.8, 4) is 0 Å². The molecule has 0 aliphatic heterocycles. The summed E-state index contributed by atoms with van der Waals surface area (Å²) in [6, 6.07) is 0. The van der Waals surface area contributed by atoms with Crippen LogP contribution in [0.15, 0.2) is 0 Å². The Morgan fingerprint density at radius 3 is 2.36 bits per heavy atom. The molecule has 84 valence electrons. The summed E-state index contributed by atoms with van der Waals surface area (Å²) in [6.07, 6.45) is 9.95. The summed E-state index contributed by atoms with van der Waals surface area (Å²) < 4.78 is 0. The summed E-state index contributed by atoms with van der Waals surface area (Å²) in [7, 11) is 0. The van der Waals surface area contributed by atoms with E-state index < -0.39 is 0 Å². The van der Waals surface area contributed by atoms with Gasteiger partial charge < -0.3 is 5.73 Å². The highest BCUT2D eigenvalue weighted by Crippen LogP contribution is 2.33. The normalized spacial score (nSPS) is 28.3. The minimum Gasteiger partial charge on any atom is -0.330 e. The molecule has 0 aromatic carbocycles. The summed E-state index contributed by atoms with van der Waals surface area (Å²) in [4.78, 5) is 0. The van der Waals surface area contributed by atoms with Crippen molar-refractivity contribution in [3.05, 3.63) is 0 Å². The average molecular weight is 197 g/mol. The molecule has 2 atom stereocenters. The molecule has 1 aliphatic carbocycles. The van der Waals surface area contributed by atoms with Crippen LogP contribution in [0.1, 0.15) is 58.8 Å². The smallest absolute Gasteiger partial charge is 0.00462 e. The van der Waals surface area contributed by atoms with E-state index in [9.17, 15) is 0 Å². The van der Waals surface area contributed by atoms with Gasteiger partial charge in [0.25, 0.3) is 0 Å². The summed E-state index contributed by atoms with van der Waals surface area (Å²) in [5, 5.41) is 0. The Bertz CT molecular complexity index is 142. The molecule has 0 bridgehead atoms. The molecule has 0 saturated heterocycles. The SMILES string of the molecule is CC(C)CCCC1CCCCC1CN. The molecule has 0 aromatic rings. The zero-order valence-electron chi connectivity index (χ0n) is 9.97. The fraction of sp³-hybridized carbons (Fsp3) is 1.00. The minimum atomic E-state index is 0.843. The van der Waals surface area contributed by atoms with Gasteiger partial charge in [0.1, 0.15) is 0 Å². The van der Waals surface area contributed by atoms with E-state index in [1.165, 1.54) is 44.9 Å². The van der Waals surface area contributed by atoms with Crippen LogP contribution in [0.2, 0.25) is 0 Å². The van der Waals surface area contributed by atoms with Crippen LogP contribution < -0.4 is 5.73 Å². The van der Waals surface area contributed by atoms with E-state index in [1.54, 1.807) is 0 Å². The third-order valence-electron chi connectivity index (χ3n) is 3.73. The van der Waals surface area contributed by atoms with Crippen LogP contribution >= 0.6 is 0 Å². The maximum Gasteiger partial charge on any atom is -0.00462 e. The van der Waals surface area contributed by atoms with Crippen molar-refractivity contribution in [2.24, 2.45) is 23.5 Å². The van der Waals surface area contributed by atoms with Crippen LogP contribution in [0.3, 0.4) is 0 Å². The van der Waals surface area contributed by atoms with Gasteiger partial charge in [0, 0.05) is 0 Å². The lowest BCUT2D eigenvalue weighted by atomic mass is 9.76. The zero-order chi connectivity index (χ0) is 10.4. The summed E-state index contributed by atoms with van der Waals surface area (Å²) >= 11 is 0. The fourth-order valence-electron chi connectivity index (χ4n) is 2.76. The number of rotatable bonds is 5. The average Bonchev–Trinajstić information content (AvgIpc) is 2.18. The lowest BCUT2D eigenvalue weighted by molar-refractivity contribution is 0.222. The standard InChI is InChI=1S/C13H27N/c1-11(2)6-5-9-12-7-3-4-8-13(12)10-14/h11-13H,3-10,14H2,1-2H3. The second-order valence-electron chi connectivity index (χ2n) is 5.37. The molecule has 0 amide bonds. The number of hydrogen-bond acceptors (Lipinski definition) is 1. The van der Waals surface area contributed by atoms with Gasteiger partial charge in [-0.3, -0.25) is 0 Å². The number of hydrogen-bond donors (Lipinski definition) is 1. The van der Waals surface area contributed by atoms with E-state index >= 15 is 0 Å². The van der Waals surface area contributed by atoms with Crippen molar-refractivity contribution in [1.82, 2.24) is 0 Å². The van der Waals surface area contributed by atoms with E-state index in [-0.39, 0.29) is 0 Å². The lowest BCUT2D eigenvalue weighted by Gasteiger charge is -2.30. The maximum absolute atomic E-state index is 5.83. The first-order chi connectivity index (χ1) is 6.74. The molecule has 1 nitrogen and oxygen atoms in total. The Morgan fingerprint density at radius 2 is 1.79 bits per heavy atom. The predicted molar refractivity (Wildman–Crippen MR) is 63.2 cm³/mol. The van der Waals surface area contributed by atoms with Crippen LogP contribution in [0, 0.1) is 17.8 Å². The van der Waals surface area contributed by atoms with Gasteiger partial charge in [0.15, 0.2) is 0 Å². The molecule has 1 rings (SSSR count). The predicted octanol–water partition coefficient (Wildman–Crippen LogP) is 3.58. The van der Waals surface area contributed by atoms with E-state index in [2.05, 4.69) is 13.8 Å². The van der Waals surface area contributed by atoms with E-state index in [4.69, 9.17) is 5.73 Å². The summed E-state index contributed by atoms with van der Waals surface area (Å²) in [5.74, 6) is 2.67. The van der Waals surface area contributed by atoms with Crippen LogP contribution in [0.25, 0.3) is 0 Å². The van der Waals surface area contributed by atoms with Crippen LogP contribution in [0.5, 0.6) is 0 Å². The van der Waals surface area contributed by atoms with Crippen molar-refractivity contribution in [1.29, 1.82) is 0 Å². The Balaban J connectivity index is 2.19. The maximum atomic E-state index is 5.83. The summed E-state index contributed by atoms with van der Waals surface area (Å²) in [5.41, 5.74) is 5.83. The van der Waals surface area contributed by atoms with Crippen molar-refractivity contribution in [2.75, 3.05) is 6.54 Å². The molecular formula is C13H27N. The quantitative estimate of drug-likeness (QED) is 0.716.